The summed E-state index contributed by atoms with van der Waals surface area (Å²) in [6.07, 6.45) is 3.48. The van der Waals surface area contributed by atoms with Crippen molar-refractivity contribution in [2.75, 3.05) is 18.1 Å². The lowest BCUT2D eigenvalue weighted by Gasteiger charge is -2.41. The van der Waals surface area contributed by atoms with E-state index in [2.05, 4.69) is 4.90 Å². The van der Waals surface area contributed by atoms with Crippen molar-refractivity contribution < 1.29 is 9.66 Å². The predicted molar refractivity (Wildman–Crippen MR) is 63.6 cm³/mol. The van der Waals surface area contributed by atoms with Crippen LogP contribution in [0.1, 0.15) is 19.3 Å². The van der Waals surface area contributed by atoms with Gasteiger partial charge in [-0.15, -0.1) is 0 Å². The second-order valence-electron chi connectivity index (χ2n) is 4.54. The number of hydrogen-bond donors (Lipinski definition) is 0. The van der Waals surface area contributed by atoms with Gasteiger partial charge in [-0.2, -0.15) is 0 Å². The van der Waals surface area contributed by atoms with Gasteiger partial charge in [-0.1, -0.05) is 6.07 Å². The molecule has 0 amide bonds. The first-order valence-corrected chi connectivity index (χ1v) is 5.94. The monoisotopic (exact) mass is 234 g/mol. The molecule has 0 N–H and O–H groups in total. The van der Waals surface area contributed by atoms with Gasteiger partial charge >= 0.3 is 5.69 Å². The van der Waals surface area contributed by atoms with E-state index in [0.717, 1.165) is 25.1 Å². The van der Waals surface area contributed by atoms with Crippen LogP contribution in [-0.2, 0) is 0 Å². The van der Waals surface area contributed by atoms with Crippen LogP contribution in [0, 0.1) is 10.1 Å². The summed E-state index contributed by atoms with van der Waals surface area (Å²) in [5.74, 6) is 0.440. The molecule has 17 heavy (non-hydrogen) atoms. The first-order chi connectivity index (χ1) is 8.27. The second kappa shape index (κ2) is 3.91. The van der Waals surface area contributed by atoms with Crippen molar-refractivity contribution in [2.24, 2.45) is 0 Å². The van der Waals surface area contributed by atoms with Gasteiger partial charge in [0.05, 0.1) is 16.7 Å². The Kier molecular flexibility index (Phi) is 2.39. The quantitative estimate of drug-likeness (QED) is 0.553. The van der Waals surface area contributed by atoms with Crippen LogP contribution in [0.3, 0.4) is 0 Å². The highest BCUT2D eigenvalue weighted by atomic mass is 16.6. The Bertz CT molecular complexity index is 461. The Hall–Kier alpha value is -1.78. The third-order valence-corrected chi connectivity index (χ3v) is 3.53. The maximum Gasteiger partial charge on any atom is 0.313 e. The first kappa shape index (κ1) is 10.4. The number of hydrogen-bond acceptors (Lipinski definition) is 4. The molecule has 3 rings (SSSR count). The van der Waals surface area contributed by atoms with E-state index in [1.165, 1.54) is 12.5 Å². The van der Waals surface area contributed by atoms with Crippen LogP contribution in [0.25, 0.3) is 0 Å². The van der Waals surface area contributed by atoms with Gasteiger partial charge in [0.2, 0.25) is 5.75 Å². The van der Waals surface area contributed by atoms with Crippen molar-refractivity contribution in [3.8, 4) is 5.75 Å². The molecule has 0 aliphatic carbocycles. The summed E-state index contributed by atoms with van der Waals surface area (Å²) in [5.41, 5.74) is 0.960. The molecule has 1 saturated heterocycles. The minimum Gasteiger partial charge on any atom is -0.483 e. The normalized spacial score (nSPS) is 22.4. The molecule has 5 nitrogen and oxygen atoms in total. The standard InChI is InChI=1S/C12H14N2O3/c15-14(16)11-6-3-5-10-12(11)17-8-9-4-1-2-7-13(9)10/h3,5-6,9H,1-2,4,7-8H2. The van der Waals surface area contributed by atoms with E-state index in [4.69, 9.17) is 4.74 Å². The topological polar surface area (TPSA) is 55.6 Å². The molecule has 0 saturated carbocycles. The Balaban J connectivity index is 2.05. The van der Waals surface area contributed by atoms with Crippen LogP contribution in [0.5, 0.6) is 5.75 Å². The van der Waals surface area contributed by atoms with Crippen LogP contribution in [0.15, 0.2) is 18.2 Å². The first-order valence-electron chi connectivity index (χ1n) is 5.94. The van der Waals surface area contributed by atoms with Crippen LogP contribution in [0.4, 0.5) is 11.4 Å². The molecule has 1 atom stereocenters. The van der Waals surface area contributed by atoms with Crippen LogP contribution in [0.2, 0.25) is 0 Å². The number of para-hydroxylation sites is 1. The van der Waals surface area contributed by atoms with Crippen molar-refractivity contribution in [3.63, 3.8) is 0 Å². The van der Waals surface area contributed by atoms with Gasteiger partial charge in [-0.25, -0.2) is 0 Å². The van der Waals surface area contributed by atoms with Crippen molar-refractivity contribution in [1.29, 1.82) is 0 Å². The van der Waals surface area contributed by atoms with Crippen LogP contribution >= 0.6 is 0 Å². The number of piperidine rings is 1. The number of nitro groups is 1. The van der Waals surface area contributed by atoms with E-state index in [-0.39, 0.29) is 10.6 Å². The van der Waals surface area contributed by atoms with Crippen LogP contribution in [-0.4, -0.2) is 24.1 Å². The average Bonchev–Trinajstić information content (AvgIpc) is 2.37. The van der Waals surface area contributed by atoms with Gasteiger partial charge in [0.15, 0.2) is 0 Å². The Labute approximate surface area is 99.1 Å². The van der Waals surface area contributed by atoms with E-state index in [1.54, 1.807) is 6.07 Å². The van der Waals surface area contributed by atoms with E-state index >= 15 is 0 Å². The number of fused-ring (bicyclic) bond motifs is 3. The zero-order valence-electron chi connectivity index (χ0n) is 9.46. The van der Waals surface area contributed by atoms with Crippen molar-refractivity contribution in [1.82, 2.24) is 0 Å². The molecule has 2 aliphatic rings. The number of ether oxygens (including phenoxy) is 1. The minimum absolute atomic E-state index is 0.0755. The summed E-state index contributed by atoms with van der Waals surface area (Å²) in [5, 5.41) is 10.9. The summed E-state index contributed by atoms with van der Waals surface area (Å²) >= 11 is 0. The Morgan fingerprint density at radius 1 is 1.41 bits per heavy atom. The third-order valence-electron chi connectivity index (χ3n) is 3.53. The summed E-state index contributed by atoms with van der Waals surface area (Å²) in [4.78, 5) is 12.8. The molecule has 0 bridgehead atoms. The molecule has 0 aromatic heterocycles. The number of benzene rings is 1. The lowest BCUT2D eigenvalue weighted by atomic mass is 10.00. The van der Waals surface area contributed by atoms with Crippen LogP contribution < -0.4 is 9.64 Å². The van der Waals surface area contributed by atoms with Gasteiger partial charge in [0.25, 0.3) is 0 Å². The zero-order valence-corrected chi connectivity index (χ0v) is 9.46. The maximum atomic E-state index is 10.9. The minimum atomic E-state index is -0.372. The number of nitro benzene ring substituents is 1. The maximum absolute atomic E-state index is 10.9. The lowest BCUT2D eigenvalue weighted by Crippen LogP contribution is -2.46. The Morgan fingerprint density at radius 2 is 2.29 bits per heavy atom. The van der Waals surface area contributed by atoms with Gasteiger partial charge in [0.1, 0.15) is 6.61 Å². The van der Waals surface area contributed by atoms with Gasteiger partial charge in [-0.3, -0.25) is 10.1 Å². The lowest BCUT2D eigenvalue weighted by molar-refractivity contribution is -0.385. The molecule has 1 aromatic rings. The molecule has 5 heteroatoms. The van der Waals surface area contributed by atoms with Gasteiger partial charge < -0.3 is 9.64 Å². The summed E-state index contributed by atoms with van der Waals surface area (Å²) in [6.45, 7) is 1.54. The molecule has 0 radical (unpaired) electrons. The van der Waals surface area contributed by atoms with E-state index in [0.29, 0.717) is 18.4 Å². The van der Waals surface area contributed by atoms with E-state index in [9.17, 15) is 10.1 Å². The highest BCUT2D eigenvalue weighted by Gasteiger charge is 2.33. The molecule has 1 aromatic carbocycles. The molecule has 1 unspecified atom stereocenters. The zero-order chi connectivity index (χ0) is 11.8. The number of rotatable bonds is 1. The van der Waals surface area contributed by atoms with Crippen molar-refractivity contribution in [2.45, 2.75) is 25.3 Å². The fourth-order valence-corrected chi connectivity index (χ4v) is 2.70. The highest BCUT2D eigenvalue weighted by molar-refractivity contribution is 5.69. The van der Waals surface area contributed by atoms with Gasteiger partial charge in [0, 0.05) is 12.6 Å². The predicted octanol–water partition coefficient (Wildman–Crippen LogP) is 2.35. The molecule has 1 fully saturated rings. The molecule has 90 valence electrons. The summed E-state index contributed by atoms with van der Waals surface area (Å²) in [7, 11) is 0. The average molecular weight is 234 g/mol. The molecule has 2 heterocycles. The van der Waals surface area contributed by atoms with E-state index in [1.807, 2.05) is 6.07 Å². The molecule has 0 spiro atoms. The fraction of sp³-hybridized carbons (Fsp3) is 0.500. The van der Waals surface area contributed by atoms with E-state index < -0.39 is 0 Å². The second-order valence-corrected chi connectivity index (χ2v) is 4.54. The smallest absolute Gasteiger partial charge is 0.313 e. The van der Waals surface area contributed by atoms with Crippen molar-refractivity contribution >= 4 is 11.4 Å². The SMILES string of the molecule is O=[N+]([O-])c1cccc2c1OCC1CCCCN21. The van der Waals surface area contributed by atoms with Crippen molar-refractivity contribution in [3.05, 3.63) is 28.3 Å². The molecule has 2 aliphatic heterocycles. The number of nitrogens with zero attached hydrogens (tertiary/aromatic N) is 2. The Morgan fingerprint density at radius 3 is 3.12 bits per heavy atom. The summed E-state index contributed by atoms with van der Waals surface area (Å²) < 4.78 is 5.60. The molecular formula is C12H14N2O3. The highest BCUT2D eigenvalue weighted by Crippen LogP contribution is 2.42. The summed E-state index contributed by atoms with van der Waals surface area (Å²) in [6, 6.07) is 5.54. The van der Waals surface area contributed by atoms with Gasteiger partial charge in [-0.05, 0) is 25.3 Å². The number of anilines is 1. The fourth-order valence-electron chi connectivity index (χ4n) is 2.70. The largest absolute Gasteiger partial charge is 0.483 e. The third kappa shape index (κ3) is 1.62. The molecular weight excluding hydrogens is 220 g/mol.